The quantitative estimate of drug-likeness (QED) is 0.691. The second-order valence-corrected chi connectivity index (χ2v) is 8.50. The van der Waals surface area contributed by atoms with Crippen molar-refractivity contribution in [3.05, 3.63) is 64.9 Å². The van der Waals surface area contributed by atoms with Gasteiger partial charge in [0.25, 0.3) is 10.0 Å². The molecule has 0 unspecified atom stereocenters. The van der Waals surface area contributed by atoms with Gasteiger partial charge in [-0.1, -0.05) is 6.07 Å². The molecule has 1 aliphatic heterocycles. The number of anilines is 1. The molecular weight excluding hydrogens is 354 g/mol. The molecule has 0 atom stereocenters. The highest BCUT2D eigenvalue weighted by atomic mass is 32.2. The SMILES string of the molecule is COc1ccc(S(=O)(=O)N2CCc3cc(-c4ccsc4)ccc32)cc1. The summed E-state index contributed by atoms with van der Waals surface area (Å²) in [5.41, 5.74) is 4.14. The molecule has 2 heterocycles. The highest BCUT2D eigenvalue weighted by Crippen LogP contribution is 2.36. The monoisotopic (exact) mass is 371 g/mol. The first kappa shape index (κ1) is 16.2. The standard InChI is InChI=1S/C19H17NO3S2/c1-23-17-3-5-18(6-4-17)25(21,22)20-10-8-15-12-14(2-7-19(15)20)16-9-11-24-13-16/h2-7,9,11-13H,8,10H2,1H3. The zero-order valence-electron chi connectivity index (χ0n) is 13.7. The van der Waals surface area contributed by atoms with Gasteiger partial charge in [0.2, 0.25) is 0 Å². The van der Waals surface area contributed by atoms with E-state index < -0.39 is 10.0 Å². The molecule has 0 saturated heterocycles. The molecule has 0 radical (unpaired) electrons. The number of sulfonamides is 1. The van der Waals surface area contributed by atoms with E-state index in [-0.39, 0.29) is 4.90 Å². The molecule has 0 aliphatic carbocycles. The molecule has 0 amide bonds. The van der Waals surface area contributed by atoms with Gasteiger partial charge < -0.3 is 4.74 Å². The van der Waals surface area contributed by atoms with Crippen molar-refractivity contribution in [2.75, 3.05) is 18.0 Å². The first-order valence-corrected chi connectivity index (χ1v) is 10.3. The molecule has 3 aromatic rings. The Morgan fingerprint density at radius 2 is 1.84 bits per heavy atom. The van der Waals surface area contributed by atoms with Crippen LogP contribution in [-0.2, 0) is 16.4 Å². The van der Waals surface area contributed by atoms with E-state index in [0.717, 1.165) is 23.2 Å². The molecule has 0 fully saturated rings. The van der Waals surface area contributed by atoms with E-state index in [2.05, 4.69) is 17.5 Å². The fourth-order valence-corrected chi connectivity index (χ4v) is 5.27. The van der Waals surface area contributed by atoms with Gasteiger partial charge in [-0.2, -0.15) is 11.3 Å². The van der Waals surface area contributed by atoms with Crippen LogP contribution < -0.4 is 9.04 Å². The Morgan fingerprint density at radius 1 is 1.04 bits per heavy atom. The van der Waals surface area contributed by atoms with E-state index >= 15 is 0 Å². The lowest BCUT2D eigenvalue weighted by atomic mass is 10.0. The van der Waals surface area contributed by atoms with E-state index in [1.54, 1.807) is 42.7 Å². The van der Waals surface area contributed by atoms with Crippen LogP contribution in [-0.4, -0.2) is 22.1 Å². The zero-order valence-corrected chi connectivity index (χ0v) is 15.3. The highest BCUT2D eigenvalue weighted by Gasteiger charge is 2.31. The molecule has 0 spiro atoms. The number of methoxy groups -OCH3 is 1. The maximum Gasteiger partial charge on any atom is 0.264 e. The summed E-state index contributed by atoms with van der Waals surface area (Å²) < 4.78 is 32.6. The average molecular weight is 371 g/mol. The number of nitrogens with zero attached hydrogens (tertiary/aromatic N) is 1. The van der Waals surface area contributed by atoms with Crippen molar-refractivity contribution >= 4 is 27.0 Å². The van der Waals surface area contributed by atoms with Crippen molar-refractivity contribution in [2.24, 2.45) is 0 Å². The van der Waals surface area contributed by atoms with Crippen LogP contribution >= 0.6 is 11.3 Å². The first-order chi connectivity index (χ1) is 12.1. The average Bonchev–Trinajstić information content (AvgIpc) is 3.31. The second-order valence-electron chi connectivity index (χ2n) is 5.86. The van der Waals surface area contributed by atoms with Crippen LogP contribution in [0.4, 0.5) is 5.69 Å². The lowest BCUT2D eigenvalue weighted by Gasteiger charge is -2.20. The third-order valence-electron chi connectivity index (χ3n) is 4.43. The highest BCUT2D eigenvalue weighted by molar-refractivity contribution is 7.92. The minimum Gasteiger partial charge on any atom is -0.497 e. The van der Waals surface area contributed by atoms with Crippen molar-refractivity contribution < 1.29 is 13.2 Å². The topological polar surface area (TPSA) is 46.6 Å². The summed E-state index contributed by atoms with van der Waals surface area (Å²) >= 11 is 1.66. The molecule has 128 valence electrons. The Bertz CT molecular complexity index is 994. The van der Waals surface area contributed by atoms with Gasteiger partial charge in [-0.05, 0) is 76.3 Å². The molecule has 2 aromatic carbocycles. The maximum absolute atomic E-state index is 13.0. The number of rotatable bonds is 4. The van der Waals surface area contributed by atoms with Crippen molar-refractivity contribution in [3.63, 3.8) is 0 Å². The van der Waals surface area contributed by atoms with E-state index in [0.29, 0.717) is 12.3 Å². The number of ether oxygens (including phenoxy) is 1. The lowest BCUT2D eigenvalue weighted by molar-refractivity contribution is 0.414. The Labute approximate surface area is 151 Å². The summed E-state index contributed by atoms with van der Waals surface area (Å²) in [6.45, 7) is 0.469. The van der Waals surface area contributed by atoms with Gasteiger partial charge in [0.1, 0.15) is 5.75 Å². The zero-order chi connectivity index (χ0) is 17.4. The van der Waals surface area contributed by atoms with E-state index in [9.17, 15) is 8.42 Å². The molecule has 6 heteroatoms. The predicted octanol–water partition coefficient (Wildman–Crippen LogP) is 4.18. The normalized spacial score (nSPS) is 13.7. The lowest BCUT2D eigenvalue weighted by Crippen LogP contribution is -2.29. The van der Waals surface area contributed by atoms with Gasteiger partial charge in [0, 0.05) is 6.54 Å². The Kier molecular flexibility index (Phi) is 4.01. The molecular formula is C19H17NO3S2. The summed E-state index contributed by atoms with van der Waals surface area (Å²) in [6.07, 6.45) is 0.725. The molecule has 4 rings (SSSR count). The smallest absolute Gasteiger partial charge is 0.264 e. The Hall–Kier alpha value is -2.31. The fraction of sp³-hybridized carbons (Fsp3) is 0.158. The van der Waals surface area contributed by atoms with Crippen LogP contribution in [0.3, 0.4) is 0 Å². The van der Waals surface area contributed by atoms with Crippen LogP contribution in [0, 0.1) is 0 Å². The number of hydrogen-bond acceptors (Lipinski definition) is 4. The van der Waals surface area contributed by atoms with Crippen LogP contribution in [0.1, 0.15) is 5.56 Å². The molecule has 0 saturated carbocycles. The molecule has 1 aromatic heterocycles. The third-order valence-corrected chi connectivity index (χ3v) is 6.95. The third kappa shape index (κ3) is 2.81. The summed E-state index contributed by atoms with van der Waals surface area (Å²) in [5.74, 6) is 0.640. The fourth-order valence-electron chi connectivity index (χ4n) is 3.10. The Morgan fingerprint density at radius 3 is 2.52 bits per heavy atom. The number of thiophene rings is 1. The van der Waals surface area contributed by atoms with Gasteiger partial charge in [0.05, 0.1) is 17.7 Å². The van der Waals surface area contributed by atoms with E-state index in [1.807, 2.05) is 17.5 Å². The minimum atomic E-state index is -3.56. The van der Waals surface area contributed by atoms with Gasteiger partial charge in [0.15, 0.2) is 0 Å². The maximum atomic E-state index is 13.0. The van der Waals surface area contributed by atoms with Crippen LogP contribution in [0.5, 0.6) is 5.75 Å². The van der Waals surface area contributed by atoms with Gasteiger partial charge >= 0.3 is 0 Å². The number of fused-ring (bicyclic) bond motifs is 1. The van der Waals surface area contributed by atoms with Gasteiger partial charge in [-0.3, -0.25) is 4.31 Å². The predicted molar refractivity (Wildman–Crippen MR) is 101 cm³/mol. The van der Waals surface area contributed by atoms with Crippen LogP contribution in [0.25, 0.3) is 11.1 Å². The van der Waals surface area contributed by atoms with Crippen molar-refractivity contribution in [2.45, 2.75) is 11.3 Å². The molecule has 0 N–H and O–H groups in total. The van der Waals surface area contributed by atoms with Crippen molar-refractivity contribution in [1.29, 1.82) is 0 Å². The number of benzene rings is 2. The summed E-state index contributed by atoms with van der Waals surface area (Å²) in [5, 5.41) is 4.14. The summed E-state index contributed by atoms with van der Waals surface area (Å²) in [4.78, 5) is 0.281. The van der Waals surface area contributed by atoms with Gasteiger partial charge in [-0.25, -0.2) is 8.42 Å². The minimum absolute atomic E-state index is 0.281. The largest absolute Gasteiger partial charge is 0.497 e. The second kappa shape index (κ2) is 6.20. The van der Waals surface area contributed by atoms with Crippen LogP contribution in [0.2, 0.25) is 0 Å². The molecule has 4 nitrogen and oxygen atoms in total. The molecule has 1 aliphatic rings. The van der Waals surface area contributed by atoms with E-state index in [4.69, 9.17) is 4.74 Å². The molecule has 25 heavy (non-hydrogen) atoms. The molecule has 0 bridgehead atoms. The first-order valence-electron chi connectivity index (χ1n) is 7.92. The summed E-state index contributed by atoms with van der Waals surface area (Å²) in [6, 6.07) is 14.6. The summed E-state index contributed by atoms with van der Waals surface area (Å²) in [7, 11) is -2.00. The van der Waals surface area contributed by atoms with Crippen molar-refractivity contribution in [3.8, 4) is 16.9 Å². The Balaban J connectivity index is 1.69. The van der Waals surface area contributed by atoms with E-state index in [1.165, 1.54) is 9.87 Å². The van der Waals surface area contributed by atoms with Gasteiger partial charge in [-0.15, -0.1) is 0 Å². The number of hydrogen-bond donors (Lipinski definition) is 0. The van der Waals surface area contributed by atoms with Crippen LogP contribution in [0.15, 0.2) is 64.2 Å². The van der Waals surface area contributed by atoms with Crippen molar-refractivity contribution in [1.82, 2.24) is 0 Å².